The minimum atomic E-state index is -0.197. The van der Waals surface area contributed by atoms with Crippen LogP contribution in [0, 0.1) is 5.92 Å². The fourth-order valence-electron chi connectivity index (χ4n) is 1.62. The van der Waals surface area contributed by atoms with Crippen LogP contribution in [0.1, 0.15) is 39.5 Å². The summed E-state index contributed by atoms with van der Waals surface area (Å²) in [6.45, 7) is 4.96. The second-order valence-corrected chi connectivity index (χ2v) is 4.49. The first-order valence-electron chi connectivity index (χ1n) is 5.29. The Bertz CT molecular complexity index is 195. The maximum Gasteiger partial charge on any atom is 0.308 e. The standard InChI is InChI=1S/C11H20O3/c1-9(2)8-14-11(5-4-6-11)7-10(12)13-3/h9H,4-8H2,1-3H3. The van der Waals surface area contributed by atoms with Crippen LogP contribution in [-0.4, -0.2) is 25.3 Å². The van der Waals surface area contributed by atoms with E-state index in [0.29, 0.717) is 12.3 Å². The van der Waals surface area contributed by atoms with Gasteiger partial charge < -0.3 is 9.47 Å². The van der Waals surface area contributed by atoms with Gasteiger partial charge in [0.1, 0.15) is 0 Å². The van der Waals surface area contributed by atoms with Crippen LogP contribution in [0.15, 0.2) is 0 Å². The molecule has 0 aromatic heterocycles. The number of methoxy groups -OCH3 is 1. The van der Waals surface area contributed by atoms with Gasteiger partial charge in [-0.05, 0) is 25.2 Å². The van der Waals surface area contributed by atoms with E-state index in [0.717, 1.165) is 25.9 Å². The Morgan fingerprint density at radius 2 is 2.07 bits per heavy atom. The molecule has 0 amide bonds. The number of carbonyl (C=O) groups is 1. The highest BCUT2D eigenvalue weighted by atomic mass is 16.5. The molecule has 0 unspecified atom stereocenters. The van der Waals surface area contributed by atoms with Crippen molar-refractivity contribution < 1.29 is 14.3 Å². The van der Waals surface area contributed by atoms with Crippen molar-refractivity contribution in [2.75, 3.05) is 13.7 Å². The number of hydrogen-bond acceptors (Lipinski definition) is 3. The van der Waals surface area contributed by atoms with Gasteiger partial charge in [-0.1, -0.05) is 13.8 Å². The summed E-state index contributed by atoms with van der Waals surface area (Å²) in [7, 11) is 1.43. The minimum Gasteiger partial charge on any atom is -0.469 e. The number of esters is 1. The summed E-state index contributed by atoms with van der Waals surface area (Å²) < 4.78 is 10.5. The lowest BCUT2D eigenvalue weighted by Crippen LogP contribution is -2.43. The largest absolute Gasteiger partial charge is 0.469 e. The first-order chi connectivity index (χ1) is 6.58. The molecule has 0 aromatic carbocycles. The van der Waals surface area contributed by atoms with E-state index in [2.05, 4.69) is 18.6 Å². The highest BCUT2D eigenvalue weighted by molar-refractivity contribution is 5.70. The topological polar surface area (TPSA) is 35.5 Å². The van der Waals surface area contributed by atoms with Gasteiger partial charge in [-0.15, -0.1) is 0 Å². The zero-order chi connectivity index (χ0) is 10.6. The summed E-state index contributed by atoms with van der Waals surface area (Å²) in [6, 6.07) is 0. The summed E-state index contributed by atoms with van der Waals surface area (Å²) in [5, 5.41) is 0. The molecule has 0 N–H and O–H groups in total. The fraction of sp³-hybridized carbons (Fsp3) is 0.909. The number of ether oxygens (including phenoxy) is 2. The third-order valence-electron chi connectivity index (χ3n) is 2.68. The molecule has 14 heavy (non-hydrogen) atoms. The molecular weight excluding hydrogens is 180 g/mol. The highest BCUT2D eigenvalue weighted by Gasteiger charge is 2.40. The Morgan fingerprint density at radius 1 is 1.43 bits per heavy atom. The summed E-state index contributed by atoms with van der Waals surface area (Å²) in [5.41, 5.74) is -0.197. The molecule has 1 saturated carbocycles. The monoisotopic (exact) mass is 200 g/mol. The van der Waals surface area contributed by atoms with Crippen LogP contribution in [0.2, 0.25) is 0 Å². The van der Waals surface area contributed by atoms with Crippen molar-refractivity contribution in [3.8, 4) is 0 Å². The lowest BCUT2D eigenvalue weighted by molar-refractivity contribution is -0.159. The van der Waals surface area contributed by atoms with Crippen LogP contribution in [-0.2, 0) is 14.3 Å². The molecule has 82 valence electrons. The number of carbonyl (C=O) groups excluding carboxylic acids is 1. The van der Waals surface area contributed by atoms with Crippen molar-refractivity contribution >= 4 is 5.97 Å². The van der Waals surface area contributed by atoms with Gasteiger partial charge >= 0.3 is 5.97 Å². The van der Waals surface area contributed by atoms with Gasteiger partial charge in [0, 0.05) is 6.61 Å². The second kappa shape index (κ2) is 4.78. The van der Waals surface area contributed by atoms with Crippen molar-refractivity contribution in [2.24, 2.45) is 5.92 Å². The van der Waals surface area contributed by atoms with Crippen molar-refractivity contribution in [2.45, 2.75) is 45.1 Å². The molecule has 3 nitrogen and oxygen atoms in total. The van der Waals surface area contributed by atoms with E-state index in [9.17, 15) is 4.79 Å². The highest BCUT2D eigenvalue weighted by Crippen LogP contribution is 2.39. The van der Waals surface area contributed by atoms with Gasteiger partial charge in [0.05, 0.1) is 19.1 Å². The molecule has 0 radical (unpaired) electrons. The lowest BCUT2D eigenvalue weighted by Gasteiger charge is -2.41. The zero-order valence-corrected chi connectivity index (χ0v) is 9.34. The van der Waals surface area contributed by atoms with Crippen LogP contribution in [0.3, 0.4) is 0 Å². The molecular formula is C11H20O3. The van der Waals surface area contributed by atoms with E-state index in [4.69, 9.17) is 4.74 Å². The fourth-order valence-corrected chi connectivity index (χ4v) is 1.62. The van der Waals surface area contributed by atoms with Crippen LogP contribution in [0.25, 0.3) is 0 Å². The molecule has 1 aliphatic carbocycles. The quantitative estimate of drug-likeness (QED) is 0.638. The third kappa shape index (κ3) is 2.98. The maximum absolute atomic E-state index is 11.2. The molecule has 1 fully saturated rings. The van der Waals surface area contributed by atoms with Gasteiger partial charge in [0.15, 0.2) is 0 Å². The van der Waals surface area contributed by atoms with E-state index in [-0.39, 0.29) is 11.6 Å². The molecule has 0 spiro atoms. The normalized spacial score (nSPS) is 19.1. The predicted octanol–water partition coefficient (Wildman–Crippen LogP) is 2.14. The van der Waals surface area contributed by atoms with Crippen molar-refractivity contribution in [1.29, 1.82) is 0 Å². The van der Waals surface area contributed by atoms with Crippen molar-refractivity contribution in [3.05, 3.63) is 0 Å². The first-order valence-corrected chi connectivity index (χ1v) is 5.29. The van der Waals surface area contributed by atoms with Gasteiger partial charge in [0.25, 0.3) is 0 Å². The van der Waals surface area contributed by atoms with Crippen LogP contribution in [0.5, 0.6) is 0 Å². The maximum atomic E-state index is 11.2. The van der Waals surface area contributed by atoms with Gasteiger partial charge in [-0.2, -0.15) is 0 Å². The predicted molar refractivity (Wildman–Crippen MR) is 54.0 cm³/mol. The Kier molecular flexibility index (Phi) is 3.93. The van der Waals surface area contributed by atoms with Crippen LogP contribution in [0.4, 0.5) is 0 Å². The van der Waals surface area contributed by atoms with E-state index in [1.165, 1.54) is 7.11 Å². The molecule has 0 heterocycles. The van der Waals surface area contributed by atoms with Gasteiger partial charge in [-0.3, -0.25) is 4.79 Å². The molecule has 0 bridgehead atoms. The second-order valence-electron chi connectivity index (χ2n) is 4.49. The molecule has 1 rings (SSSR count). The molecule has 1 aliphatic rings. The molecule has 3 heteroatoms. The average Bonchev–Trinajstić information content (AvgIpc) is 2.08. The molecule has 0 saturated heterocycles. The van der Waals surface area contributed by atoms with E-state index in [1.807, 2.05) is 0 Å². The van der Waals surface area contributed by atoms with E-state index >= 15 is 0 Å². The first kappa shape index (κ1) is 11.5. The molecule has 0 atom stereocenters. The van der Waals surface area contributed by atoms with Crippen molar-refractivity contribution in [3.63, 3.8) is 0 Å². The van der Waals surface area contributed by atoms with Gasteiger partial charge in [-0.25, -0.2) is 0 Å². The molecule has 0 aromatic rings. The summed E-state index contributed by atoms with van der Waals surface area (Å²) in [4.78, 5) is 11.2. The van der Waals surface area contributed by atoms with E-state index < -0.39 is 0 Å². The lowest BCUT2D eigenvalue weighted by atomic mass is 9.77. The summed E-state index contributed by atoms with van der Waals surface area (Å²) in [5.74, 6) is 0.360. The average molecular weight is 200 g/mol. The summed E-state index contributed by atoms with van der Waals surface area (Å²) >= 11 is 0. The summed E-state index contributed by atoms with van der Waals surface area (Å²) in [6.07, 6.45) is 3.56. The minimum absolute atomic E-state index is 0.159. The number of hydrogen-bond donors (Lipinski definition) is 0. The van der Waals surface area contributed by atoms with Gasteiger partial charge in [0.2, 0.25) is 0 Å². The van der Waals surface area contributed by atoms with E-state index in [1.54, 1.807) is 0 Å². The molecule has 0 aliphatic heterocycles. The Balaban J connectivity index is 2.37. The van der Waals surface area contributed by atoms with Crippen LogP contribution < -0.4 is 0 Å². The zero-order valence-electron chi connectivity index (χ0n) is 9.34. The SMILES string of the molecule is COC(=O)CC1(OCC(C)C)CCC1. The Morgan fingerprint density at radius 3 is 2.43 bits per heavy atom. The third-order valence-corrected chi connectivity index (χ3v) is 2.68. The smallest absolute Gasteiger partial charge is 0.308 e. The Labute approximate surface area is 85.8 Å². The van der Waals surface area contributed by atoms with Crippen LogP contribution >= 0.6 is 0 Å². The number of rotatable bonds is 5. The Hall–Kier alpha value is -0.570. The van der Waals surface area contributed by atoms with Crippen molar-refractivity contribution in [1.82, 2.24) is 0 Å².